The summed E-state index contributed by atoms with van der Waals surface area (Å²) in [5, 5.41) is 0. The fourth-order valence-corrected chi connectivity index (χ4v) is 4.08. The zero-order valence-corrected chi connectivity index (χ0v) is 17.4. The molecule has 157 valence electrons. The van der Waals surface area contributed by atoms with E-state index in [2.05, 4.69) is 44.3 Å². The largest absolute Gasteiger partial charge is 0.453 e. The molecule has 2 heterocycles. The van der Waals surface area contributed by atoms with Gasteiger partial charge in [0.2, 0.25) is 0 Å². The Labute approximate surface area is 192 Å². The van der Waals surface area contributed by atoms with Gasteiger partial charge >= 0.3 is 0 Å². The van der Waals surface area contributed by atoms with Gasteiger partial charge in [0, 0.05) is 39.3 Å². The van der Waals surface area contributed by atoms with Gasteiger partial charge in [-0.05, 0) is 35.1 Å². The van der Waals surface area contributed by atoms with Crippen molar-refractivity contribution in [2.24, 2.45) is 5.41 Å². The standard InChI is InChI=1S/C13H27N3P2.6CH4.Y/c1-12-10-16(18-17)9-8-15(12)11-13(2)4-6-14(3)7-5-13;;;;;;;/h18H,2,4-11,17H2,1,3H3;6*1H4;/q-2;;;;;;;. The van der Waals surface area contributed by atoms with E-state index < -0.39 is 0 Å². The molecule has 25 heavy (non-hydrogen) atoms. The smallest absolute Gasteiger partial charge is 0.00972 e. The molecule has 0 spiro atoms. The summed E-state index contributed by atoms with van der Waals surface area (Å²) >= 11 is 0. The van der Waals surface area contributed by atoms with Crippen LogP contribution in [0, 0.1) is 18.4 Å². The maximum atomic E-state index is 4.53. The van der Waals surface area contributed by atoms with Crippen LogP contribution in [-0.2, 0) is 32.7 Å². The Kier molecular flexibility index (Phi) is 31.6. The van der Waals surface area contributed by atoms with Crippen LogP contribution in [0.25, 0.3) is 0 Å². The van der Waals surface area contributed by atoms with Gasteiger partial charge in [0.25, 0.3) is 0 Å². The van der Waals surface area contributed by atoms with Crippen LogP contribution >= 0.6 is 17.3 Å². The van der Waals surface area contributed by atoms with Crippen LogP contribution < -0.4 is 0 Å². The molecule has 0 bridgehead atoms. The average Bonchev–Trinajstić information content (AvgIpc) is 2.36. The Morgan fingerprint density at radius 2 is 1.48 bits per heavy atom. The van der Waals surface area contributed by atoms with Crippen LogP contribution in [-0.4, -0.2) is 60.8 Å². The SMILES string of the molecule is C.C.C.C.C.C.[CH2-]C1(CN2CCN(PP)C[C-]2C)CCN(C)CC1.[Y]. The van der Waals surface area contributed by atoms with Gasteiger partial charge < -0.3 is 21.4 Å². The summed E-state index contributed by atoms with van der Waals surface area (Å²) in [5.41, 5.74) is 0.277. The molecule has 0 aromatic carbocycles. The minimum absolute atomic E-state index is 0. The maximum absolute atomic E-state index is 4.53. The molecule has 2 rings (SSSR count). The molecule has 0 aromatic heterocycles. The van der Waals surface area contributed by atoms with E-state index in [1.54, 1.807) is 0 Å². The Balaban J connectivity index is -0.000000129. The minimum Gasteiger partial charge on any atom is -0.453 e. The number of piperidine rings is 1. The van der Waals surface area contributed by atoms with Gasteiger partial charge in [-0.3, -0.25) is 0 Å². The topological polar surface area (TPSA) is 9.72 Å². The molecule has 2 aliphatic rings. The molecule has 2 aliphatic heterocycles. The fraction of sp³-hybridized carbons (Fsp3) is 0.895. The van der Waals surface area contributed by atoms with Gasteiger partial charge in [-0.1, -0.05) is 72.9 Å². The first-order chi connectivity index (χ1) is 8.52. The third-order valence-electron chi connectivity index (χ3n) is 4.36. The van der Waals surface area contributed by atoms with Crippen LogP contribution in [0.4, 0.5) is 0 Å². The molecule has 2 fully saturated rings. The van der Waals surface area contributed by atoms with Crippen molar-refractivity contribution >= 4 is 17.3 Å². The first-order valence-corrected chi connectivity index (χ1v) is 9.60. The summed E-state index contributed by atoms with van der Waals surface area (Å²) in [5.74, 6) is 0. The predicted molar refractivity (Wildman–Crippen MR) is 125 cm³/mol. The number of hydrogen-bond donors (Lipinski definition) is 0. The number of nitrogens with zero attached hydrogens (tertiary/aromatic N) is 3. The molecule has 0 amide bonds. The summed E-state index contributed by atoms with van der Waals surface area (Å²) in [6, 6.07) is 1.53. The Bertz CT molecular complexity index is 275. The van der Waals surface area contributed by atoms with E-state index in [4.69, 9.17) is 0 Å². The summed E-state index contributed by atoms with van der Waals surface area (Å²) < 4.78 is 2.51. The number of rotatable bonds is 3. The van der Waals surface area contributed by atoms with Crippen molar-refractivity contribution in [1.82, 2.24) is 14.5 Å². The summed E-state index contributed by atoms with van der Waals surface area (Å²) in [7, 11) is 5.93. The van der Waals surface area contributed by atoms with Crippen molar-refractivity contribution in [3.05, 3.63) is 13.0 Å². The third kappa shape index (κ3) is 12.8. The zero-order chi connectivity index (χ0) is 13.2. The van der Waals surface area contributed by atoms with Crippen molar-refractivity contribution < 1.29 is 32.7 Å². The van der Waals surface area contributed by atoms with Crippen molar-refractivity contribution in [3.8, 4) is 0 Å². The van der Waals surface area contributed by atoms with Crippen molar-refractivity contribution in [2.45, 2.75) is 64.3 Å². The number of piperazine rings is 1. The van der Waals surface area contributed by atoms with E-state index in [0.717, 1.165) is 21.5 Å². The third-order valence-corrected chi connectivity index (χ3v) is 6.20. The van der Waals surface area contributed by atoms with Gasteiger partial charge in [-0.15, -0.1) is 12.0 Å². The van der Waals surface area contributed by atoms with Gasteiger partial charge in [-0.2, -0.15) is 6.92 Å². The fourth-order valence-electron chi connectivity index (χ4n) is 2.87. The second kappa shape index (κ2) is 19.2. The molecule has 2 atom stereocenters. The van der Waals surface area contributed by atoms with Crippen LogP contribution in [0.5, 0.6) is 0 Å². The van der Waals surface area contributed by atoms with E-state index in [1.807, 2.05) is 0 Å². The van der Waals surface area contributed by atoms with E-state index >= 15 is 0 Å². The Morgan fingerprint density at radius 3 is 1.88 bits per heavy atom. The first kappa shape index (κ1) is 41.3. The molecule has 0 aromatic rings. The van der Waals surface area contributed by atoms with Gasteiger partial charge in [0.15, 0.2) is 0 Å². The van der Waals surface area contributed by atoms with Gasteiger partial charge in [0.05, 0.1) is 0 Å². The molecule has 0 aliphatic carbocycles. The van der Waals surface area contributed by atoms with Crippen LogP contribution in [0.1, 0.15) is 64.3 Å². The van der Waals surface area contributed by atoms with Crippen LogP contribution in [0.2, 0.25) is 0 Å². The van der Waals surface area contributed by atoms with Crippen molar-refractivity contribution in [3.63, 3.8) is 0 Å². The molecule has 2 saturated heterocycles. The Morgan fingerprint density at radius 1 is 1.00 bits per heavy atom. The molecule has 6 heteroatoms. The first-order valence-electron chi connectivity index (χ1n) is 6.85. The quantitative estimate of drug-likeness (QED) is 0.374. The maximum Gasteiger partial charge on any atom is 0.00972 e. The second-order valence-electron chi connectivity index (χ2n) is 6.01. The van der Waals surface area contributed by atoms with E-state index in [1.165, 1.54) is 45.1 Å². The average molecular weight is 472 g/mol. The molecule has 1 radical (unpaired) electrons. The number of hydrogen-bond acceptors (Lipinski definition) is 3. The zero-order valence-electron chi connectivity index (χ0n) is 12.4. The van der Waals surface area contributed by atoms with Crippen LogP contribution in [0.3, 0.4) is 0 Å². The minimum atomic E-state index is 0. The van der Waals surface area contributed by atoms with Gasteiger partial charge in [-0.25, -0.2) is 6.04 Å². The summed E-state index contributed by atoms with van der Waals surface area (Å²) in [6.07, 6.45) is 2.48. The second-order valence-corrected chi connectivity index (χ2v) is 7.68. The van der Waals surface area contributed by atoms with Crippen LogP contribution in [0.15, 0.2) is 0 Å². The normalized spacial score (nSPS) is 21.1. The summed E-state index contributed by atoms with van der Waals surface area (Å²) in [4.78, 5) is 5.01. The summed E-state index contributed by atoms with van der Waals surface area (Å²) in [6.45, 7) is 13.9. The van der Waals surface area contributed by atoms with Crippen molar-refractivity contribution in [1.29, 1.82) is 0 Å². The van der Waals surface area contributed by atoms with Crippen molar-refractivity contribution in [2.75, 3.05) is 46.3 Å². The van der Waals surface area contributed by atoms with E-state index in [9.17, 15) is 0 Å². The molecular weight excluding hydrogens is 421 g/mol. The monoisotopic (exact) mass is 472 g/mol. The molecule has 0 N–H and O–H groups in total. The van der Waals surface area contributed by atoms with E-state index in [-0.39, 0.29) is 82.7 Å². The molecular formula is C19H51N3P2Y-2. The molecule has 3 nitrogen and oxygen atoms in total. The molecule has 0 saturated carbocycles. The molecule has 2 unspecified atom stereocenters. The number of likely N-dealkylation sites (tertiary alicyclic amines) is 1. The predicted octanol–water partition coefficient (Wildman–Crippen LogP) is 5.90. The van der Waals surface area contributed by atoms with E-state index in [0.29, 0.717) is 0 Å². The van der Waals surface area contributed by atoms with Gasteiger partial charge in [0.1, 0.15) is 0 Å². The Hall–Kier alpha value is 1.84.